The number of rotatable bonds is 4. The molecule has 3 N–H and O–H groups in total. The van der Waals surface area contributed by atoms with E-state index in [0.29, 0.717) is 29.3 Å². The van der Waals surface area contributed by atoms with Crippen LogP contribution in [0.15, 0.2) is 30.6 Å². The van der Waals surface area contributed by atoms with Crippen LogP contribution in [0, 0.1) is 0 Å². The molecule has 3 aromatic rings. The van der Waals surface area contributed by atoms with Crippen molar-refractivity contribution in [1.82, 2.24) is 19.9 Å². The number of nitrogens with one attached hydrogen (secondary N) is 1. The first kappa shape index (κ1) is 18.6. The summed E-state index contributed by atoms with van der Waals surface area (Å²) >= 11 is 1.37. The summed E-state index contributed by atoms with van der Waals surface area (Å²) in [5.74, 6) is -3.09. The number of thiophene rings is 1. The second-order valence-electron chi connectivity index (χ2n) is 7.87. The van der Waals surface area contributed by atoms with E-state index in [0.717, 1.165) is 29.0 Å². The lowest BCUT2D eigenvalue weighted by Crippen LogP contribution is -2.59. The van der Waals surface area contributed by atoms with Crippen molar-refractivity contribution in [2.75, 3.05) is 0 Å². The van der Waals surface area contributed by atoms with Crippen molar-refractivity contribution in [3.05, 3.63) is 40.3 Å². The van der Waals surface area contributed by atoms with E-state index in [9.17, 15) is 13.6 Å². The number of hydrogen-bond acceptors (Lipinski definition) is 5. The number of aromatic nitrogens is 3. The van der Waals surface area contributed by atoms with Gasteiger partial charge >= 0.3 is 0 Å². The normalized spacial score (nSPS) is 24.0. The van der Waals surface area contributed by atoms with Gasteiger partial charge in [-0.3, -0.25) is 4.79 Å². The van der Waals surface area contributed by atoms with Crippen molar-refractivity contribution in [2.24, 2.45) is 5.73 Å². The minimum absolute atomic E-state index is 0.248. The molecule has 2 fully saturated rings. The van der Waals surface area contributed by atoms with Crippen LogP contribution >= 0.6 is 11.3 Å². The van der Waals surface area contributed by atoms with Gasteiger partial charge in [0.25, 0.3) is 11.8 Å². The molecule has 0 saturated heterocycles. The van der Waals surface area contributed by atoms with Crippen molar-refractivity contribution in [3.63, 3.8) is 0 Å². The number of imidazole rings is 1. The standard InChI is InChI=1S/C20H21F2N5OS/c21-20(22)7-1-3-13(23)18(20)26-19(28)15-9-12(17(29-15)11-5-6-11)14-10-24-16-4-2-8-25-27(14)16/h2,4,8-11,13,18H,1,3,5-7,23H2,(H,26,28)/t13-,18-/m1/s1. The quantitative estimate of drug-likeness (QED) is 0.680. The molecule has 0 aliphatic heterocycles. The van der Waals surface area contributed by atoms with Gasteiger partial charge in [-0.1, -0.05) is 0 Å². The maximum Gasteiger partial charge on any atom is 0.269 e. The fourth-order valence-electron chi connectivity index (χ4n) is 4.01. The minimum Gasteiger partial charge on any atom is -0.341 e. The van der Waals surface area contributed by atoms with Crippen LogP contribution in [0.2, 0.25) is 0 Å². The van der Waals surface area contributed by atoms with Crippen LogP contribution in [0.1, 0.15) is 52.6 Å². The number of hydrogen-bond donors (Lipinski definition) is 2. The molecule has 0 aromatic carbocycles. The summed E-state index contributed by atoms with van der Waals surface area (Å²) in [5.41, 5.74) is 8.32. The van der Waals surface area contributed by atoms with Gasteiger partial charge in [0.05, 0.1) is 16.8 Å². The minimum atomic E-state index is -2.99. The molecule has 0 radical (unpaired) electrons. The Bertz CT molecular complexity index is 1070. The molecule has 0 bridgehead atoms. The second-order valence-corrected chi connectivity index (χ2v) is 8.95. The zero-order valence-corrected chi connectivity index (χ0v) is 16.5. The van der Waals surface area contributed by atoms with E-state index in [1.165, 1.54) is 11.3 Å². The molecule has 5 rings (SSSR count). The predicted octanol–water partition coefficient (Wildman–Crippen LogP) is 3.58. The molecule has 3 aromatic heterocycles. The molecule has 6 nitrogen and oxygen atoms in total. The van der Waals surface area contributed by atoms with Crippen molar-refractivity contribution in [1.29, 1.82) is 0 Å². The maximum atomic E-state index is 14.3. The van der Waals surface area contributed by atoms with Crippen LogP contribution in [0.25, 0.3) is 16.9 Å². The molecule has 2 atom stereocenters. The van der Waals surface area contributed by atoms with Crippen LogP contribution in [-0.2, 0) is 0 Å². The molecule has 1 amide bonds. The van der Waals surface area contributed by atoms with Gasteiger partial charge in [0.1, 0.15) is 6.04 Å². The lowest BCUT2D eigenvalue weighted by atomic mass is 9.87. The first-order chi connectivity index (χ1) is 13.9. The molecule has 0 unspecified atom stereocenters. The predicted molar refractivity (Wildman–Crippen MR) is 106 cm³/mol. The largest absolute Gasteiger partial charge is 0.341 e. The van der Waals surface area contributed by atoms with Gasteiger partial charge in [-0.2, -0.15) is 5.10 Å². The Morgan fingerprint density at radius 1 is 1.34 bits per heavy atom. The SMILES string of the molecule is N[C@@H]1CCCC(F)(F)[C@@H]1NC(=O)c1cc(-c2cnc3cccnn23)c(C2CC2)s1. The van der Waals surface area contributed by atoms with E-state index < -0.39 is 23.9 Å². The number of nitrogens with zero attached hydrogens (tertiary/aromatic N) is 3. The molecular weight excluding hydrogens is 396 g/mol. The molecule has 3 heterocycles. The Balaban J connectivity index is 1.49. The van der Waals surface area contributed by atoms with Gasteiger partial charge in [-0.05, 0) is 49.8 Å². The average molecular weight is 417 g/mol. The average Bonchev–Trinajstić information content (AvgIpc) is 3.29. The lowest BCUT2D eigenvalue weighted by Gasteiger charge is -2.36. The Kier molecular flexibility index (Phi) is 4.40. The lowest BCUT2D eigenvalue weighted by molar-refractivity contribution is -0.0674. The van der Waals surface area contributed by atoms with Crippen LogP contribution in [0.4, 0.5) is 8.78 Å². The number of amides is 1. The summed E-state index contributed by atoms with van der Waals surface area (Å²) in [6.45, 7) is 0. The van der Waals surface area contributed by atoms with Crippen molar-refractivity contribution in [3.8, 4) is 11.3 Å². The van der Waals surface area contributed by atoms with Crippen LogP contribution in [0.5, 0.6) is 0 Å². The Hall–Kier alpha value is -2.39. The molecule has 9 heteroatoms. The molecule has 2 aliphatic carbocycles. The van der Waals surface area contributed by atoms with Gasteiger partial charge in [-0.15, -0.1) is 11.3 Å². The summed E-state index contributed by atoms with van der Waals surface area (Å²) in [7, 11) is 0. The van der Waals surface area contributed by atoms with Crippen LogP contribution < -0.4 is 11.1 Å². The van der Waals surface area contributed by atoms with E-state index in [1.807, 2.05) is 12.1 Å². The topological polar surface area (TPSA) is 85.3 Å². The second kappa shape index (κ2) is 6.84. The van der Waals surface area contributed by atoms with Gasteiger partial charge in [0.2, 0.25) is 0 Å². The first-order valence-corrected chi connectivity index (χ1v) is 10.6. The third kappa shape index (κ3) is 3.32. The Morgan fingerprint density at radius 2 is 2.17 bits per heavy atom. The highest BCUT2D eigenvalue weighted by Crippen LogP contribution is 2.48. The number of halogens is 2. The van der Waals surface area contributed by atoms with Gasteiger partial charge in [-0.25, -0.2) is 18.3 Å². The number of alkyl halides is 2. The van der Waals surface area contributed by atoms with Crippen LogP contribution in [-0.4, -0.2) is 38.5 Å². The highest BCUT2D eigenvalue weighted by atomic mass is 32.1. The summed E-state index contributed by atoms with van der Waals surface area (Å²) < 4.78 is 30.3. The highest BCUT2D eigenvalue weighted by Gasteiger charge is 2.46. The summed E-state index contributed by atoms with van der Waals surface area (Å²) in [6.07, 6.45) is 6.15. The van der Waals surface area contributed by atoms with E-state index in [1.54, 1.807) is 23.0 Å². The number of fused-ring (bicyclic) bond motifs is 1. The van der Waals surface area contributed by atoms with Crippen molar-refractivity contribution in [2.45, 2.75) is 56.0 Å². The molecular formula is C20H21F2N5OS. The zero-order valence-electron chi connectivity index (χ0n) is 15.6. The third-order valence-corrected chi connectivity index (χ3v) is 7.00. The fourth-order valence-corrected chi connectivity index (χ4v) is 5.25. The van der Waals surface area contributed by atoms with Gasteiger partial charge in [0, 0.05) is 29.1 Å². The number of carbonyl (C=O) groups is 1. The van der Waals surface area contributed by atoms with E-state index >= 15 is 0 Å². The first-order valence-electron chi connectivity index (χ1n) is 9.81. The molecule has 2 saturated carbocycles. The maximum absolute atomic E-state index is 14.3. The van der Waals surface area contributed by atoms with E-state index in [4.69, 9.17) is 5.73 Å². The molecule has 152 valence electrons. The Morgan fingerprint density at radius 3 is 2.93 bits per heavy atom. The molecule has 29 heavy (non-hydrogen) atoms. The van der Waals surface area contributed by atoms with E-state index in [2.05, 4.69) is 15.4 Å². The summed E-state index contributed by atoms with van der Waals surface area (Å²) in [4.78, 5) is 18.7. The summed E-state index contributed by atoms with van der Waals surface area (Å²) in [5, 5.41) is 6.87. The van der Waals surface area contributed by atoms with E-state index in [-0.39, 0.29) is 6.42 Å². The summed E-state index contributed by atoms with van der Waals surface area (Å²) in [6, 6.07) is 3.37. The van der Waals surface area contributed by atoms with Crippen molar-refractivity contribution < 1.29 is 13.6 Å². The Labute approximate surface area is 170 Å². The molecule has 2 aliphatic rings. The number of carbonyl (C=O) groups excluding carboxylic acids is 1. The number of nitrogens with two attached hydrogens (primary N) is 1. The smallest absolute Gasteiger partial charge is 0.269 e. The van der Waals surface area contributed by atoms with Gasteiger partial charge in [0.15, 0.2) is 5.65 Å². The zero-order chi connectivity index (χ0) is 20.2. The van der Waals surface area contributed by atoms with Gasteiger partial charge < -0.3 is 11.1 Å². The van der Waals surface area contributed by atoms with Crippen molar-refractivity contribution >= 4 is 22.9 Å². The third-order valence-electron chi connectivity index (χ3n) is 5.70. The fraction of sp³-hybridized carbons (Fsp3) is 0.450. The molecule has 0 spiro atoms. The van der Waals surface area contributed by atoms with Crippen LogP contribution in [0.3, 0.4) is 0 Å². The highest BCUT2D eigenvalue weighted by molar-refractivity contribution is 7.14. The monoisotopic (exact) mass is 417 g/mol.